The van der Waals surface area contributed by atoms with E-state index in [1.807, 2.05) is 30.1 Å². The highest BCUT2D eigenvalue weighted by Crippen LogP contribution is 2.33. The minimum Gasteiger partial charge on any atom is -0.548 e. The molecule has 0 spiro atoms. The van der Waals surface area contributed by atoms with E-state index in [0.717, 1.165) is 22.2 Å². The van der Waals surface area contributed by atoms with Gasteiger partial charge in [-0.1, -0.05) is 24.0 Å². The quantitative estimate of drug-likeness (QED) is 0.587. The first kappa shape index (κ1) is 14.8. The van der Waals surface area contributed by atoms with Gasteiger partial charge >= 0.3 is 0 Å². The van der Waals surface area contributed by atoms with Gasteiger partial charge < -0.3 is 19.6 Å². The van der Waals surface area contributed by atoms with Gasteiger partial charge in [0.2, 0.25) is 0 Å². The molecular weight excluding hydrogens is 300 g/mol. The predicted octanol–water partition coefficient (Wildman–Crippen LogP) is -0.663. The van der Waals surface area contributed by atoms with Gasteiger partial charge in [-0.2, -0.15) is 0 Å². The van der Waals surface area contributed by atoms with E-state index >= 15 is 0 Å². The van der Waals surface area contributed by atoms with Crippen molar-refractivity contribution in [2.75, 3.05) is 6.61 Å². The van der Waals surface area contributed by atoms with Crippen molar-refractivity contribution in [3.63, 3.8) is 0 Å². The van der Waals surface area contributed by atoms with Gasteiger partial charge in [-0.05, 0) is 17.7 Å². The molecule has 2 rings (SSSR count). The van der Waals surface area contributed by atoms with Crippen molar-refractivity contribution in [1.29, 1.82) is 0 Å². The lowest BCUT2D eigenvalue weighted by Crippen LogP contribution is -2.51. The molecule has 20 heavy (non-hydrogen) atoms. The van der Waals surface area contributed by atoms with Crippen molar-refractivity contribution in [1.82, 2.24) is 9.47 Å². The van der Waals surface area contributed by atoms with Crippen LogP contribution in [-0.4, -0.2) is 43.4 Å². The van der Waals surface area contributed by atoms with Crippen molar-refractivity contribution < 1.29 is 19.8 Å². The zero-order valence-electron chi connectivity index (χ0n) is 10.5. The Kier molecular flexibility index (Phi) is 4.26. The summed E-state index contributed by atoms with van der Waals surface area (Å²) in [5, 5.41) is 20.0. The normalized spacial score (nSPS) is 18.9. The number of aliphatic hydroxyl groups is 1. The number of amides is 1. The third-order valence-corrected chi connectivity index (χ3v) is 4.06. The fraction of sp³-hybridized carbons (Fsp3) is 0.250. The molecule has 1 aliphatic heterocycles. The molecule has 1 atom stereocenters. The third-order valence-electron chi connectivity index (χ3n) is 2.73. The van der Waals surface area contributed by atoms with Crippen molar-refractivity contribution in [2.24, 2.45) is 7.05 Å². The van der Waals surface area contributed by atoms with Crippen molar-refractivity contribution >= 4 is 46.3 Å². The van der Waals surface area contributed by atoms with Crippen LogP contribution in [0.15, 0.2) is 23.4 Å². The number of aromatic nitrogens is 1. The molecule has 0 bridgehead atoms. The second-order valence-electron chi connectivity index (χ2n) is 4.18. The fourth-order valence-corrected chi connectivity index (χ4v) is 3.13. The van der Waals surface area contributed by atoms with Crippen molar-refractivity contribution in [3.05, 3.63) is 28.9 Å². The van der Waals surface area contributed by atoms with Crippen molar-refractivity contribution in [2.45, 2.75) is 6.04 Å². The number of hydrogen-bond acceptors (Lipinski definition) is 6. The topological polar surface area (TPSA) is 85.6 Å². The summed E-state index contributed by atoms with van der Waals surface area (Å²) < 4.78 is 1.92. The second kappa shape index (κ2) is 5.78. The van der Waals surface area contributed by atoms with Crippen molar-refractivity contribution in [3.8, 4) is 0 Å². The lowest BCUT2D eigenvalue weighted by Gasteiger charge is -2.25. The average Bonchev–Trinajstić information content (AvgIpc) is 2.89. The summed E-state index contributed by atoms with van der Waals surface area (Å²) in [6, 6.07) is 0.360. The molecule has 2 heterocycles. The number of nitrogens with zero attached hydrogens (tertiary/aromatic N) is 2. The molecule has 1 aromatic heterocycles. The van der Waals surface area contributed by atoms with E-state index in [1.54, 1.807) is 6.08 Å². The van der Waals surface area contributed by atoms with Crippen LogP contribution in [0.1, 0.15) is 5.56 Å². The lowest BCUT2D eigenvalue weighted by molar-refractivity contribution is -0.311. The number of rotatable bonds is 4. The minimum atomic E-state index is -1.54. The highest BCUT2D eigenvalue weighted by molar-refractivity contribution is 8.26. The molecule has 0 aromatic carbocycles. The molecule has 1 saturated heterocycles. The van der Waals surface area contributed by atoms with Crippen LogP contribution < -0.4 is 5.11 Å². The van der Waals surface area contributed by atoms with Gasteiger partial charge in [0.05, 0.1) is 17.5 Å². The number of aliphatic carboxylic acids is 1. The fourth-order valence-electron chi connectivity index (χ4n) is 1.77. The summed E-state index contributed by atoms with van der Waals surface area (Å²) in [7, 11) is 1.85. The predicted molar refractivity (Wildman–Crippen MR) is 76.3 cm³/mol. The largest absolute Gasteiger partial charge is 0.548 e. The Bertz CT molecular complexity index is 608. The molecule has 106 valence electrons. The zero-order chi connectivity index (χ0) is 14.9. The van der Waals surface area contributed by atoms with Gasteiger partial charge in [-0.3, -0.25) is 9.69 Å². The van der Waals surface area contributed by atoms with Crippen LogP contribution in [0.4, 0.5) is 0 Å². The smallest absolute Gasteiger partial charge is 0.266 e. The number of aliphatic hydroxyl groups excluding tert-OH is 1. The molecule has 1 aromatic rings. The second-order valence-corrected chi connectivity index (χ2v) is 5.86. The first-order valence-corrected chi connectivity index (χ1v) is 6.87. The van der Waals surface area contributed by atoms with Gasteiger partial charge in [-0.15, -0.1) is 0 Å². The number of carboxylic acids is 1. The zero-order valence-corrected chi connectivity index (χ0v) is 12.1. The van der Waals surface area contributed by atoms with E-state index in [1.165, 1.54) is 0 Å². The number of hydrogen-bond donors (Lipinski definition) is 1. The number of aryl methyl sites for hydroxylation is 1. The van der Waals surface area contributed by atoms with Gasteiger partial charge in [0.15, 0.2) is 0 Å². The Morgan fingerprint density at radius 3 is 2.85 bits per heavy atom. The number of thiocarbonyl (C=S) groups is 1. The standard InChI is InChI=1S/C12H12N2O4S2/c1-13-3-2-7(5-13)4-9-10(16)14(12(19)20-9)8(6-15)11(17)18/h2-5,8,15H,6H2,1H3,(H,17,18)/p-1/b9-4+/t8-/m1/s1. The maximum atomic E-state index is 12.2. The van der Waals surface area contributed by atoms with Crippen LogP contribution in [0.5, 0.6) is 0 Å². The molecular formula is C12H11N2O4S2-. The molecule has 0 aliphatic carbocycles. The molecule has 0 unspecified atom stereocenters. The van der Waals surface area contributed by atoms with Gasteiger partial charge in [-0.25, -0.2) is 0 Å². The van der Waals surface area contributed by atoms with E-state index < -0.39 is 24.5 Å². The molecule has 8 heteroatoms. The Balaban J connectivity index is 2.29. The van der Waals surface area contributed by atoms with E-state index in [9.17, 15) is 14.7 Å². The summed E-state index contributed by atoms with van der Waals surface area (Å²) >= 11 is 6.00. The number of carbonyl (C=O) groups is 2. The summed E-state index contributed by atoms with van der Waals surface area (Å²) in [5.74, 6) is -2.07. The maximum Gasteiger partial charge on any atom is 0.266 e. The number of carboxylic acid groups (broad SMARTS) is 1. The SMILES string of the molecule is Cn1ccc(/C=C2/SC(=S)N([C@H](CO)C(=O)[O-])C2=O)c1. The summed E-state index contributed by atoms with van der Waals surface area (Å²) in [6.45, 7) is -0.743. The van der Waals surface area contributed by atoms with E-state index in [4.69, 9.17) is 17.3 Å². The first-order chi connectivity index (χ1) is 9.43. The van der Waals surface area contributed by atoms with E-state index in [0.29, 0.717) is 4.91 Å². The van der Waals surface area contributed by atoms with Crippen LogP contribution in [-0.2, 0) is 16.6 Å². The Labute approximate surface area is 124 Å². The lowest BCUT2D eigenvalue weighted by atomic mass is 10.2. The van der Waals surface area contributed by atoms with Crippen LogP contribution in [0.3, 0.4) is 0 Å². The molecule has 1 N–H and O–H groups in total. The van der Waals surface area contributed by atoms with Crippen LogP contribution in [0.2, 0.25) is 0 Å². The van der Waals surface area contributed by atoms with Crippen LogP contribution in [0.25, 0.3) is 6.08 Å². The van der Waals surface area contributed by atoms with Crippen LogP contribution in [0, 0.1) is 0 Å². The Morgan fingerprint density at radius 1 is 1.65 bits per heavy atom. The van der Waals surface area contributed by atoms with E-state index in [2.05, 4.69) is 0 Å². The average molecular weight is 311 g/mol. The summed E-state index contributed by atoms with van der Waals surface area (Å²) in [6.07, 6.45) is 5.27. The molecule has 1 fully saturated rings. The monoisotopic (exact) mass is 311 g/mol. The molecule has 1 amide bonds. The van der Waals surface area contributed by atoms with E-state index in [-0.39, 0.29) is 4.32 Å². The van der Waals surface area contributed by atoms with Gasteiger partial charge in [0, 0.05) is 19.4 Å². The molecule has 0 saturated carbocycles. The van der Waals surface area contributed by atoms with Crippen LogP contribution >= 0.6 is 24.0 Å². The van der Waals surface area contributed by atoms with Gasteiger partial charge in [0.1, 0.15) is 10.4 Å². The molecule has 1 aliphatic rings. The molecule has 6 nitrogen and oxygen atoms in total. The minimum absolute atomic E-state index is 0.0976. The number of carbonyl (C=O) groups excluding carboxylic acids is 2. The van der Waals surface area contributed by atoms with Gasteiger partial charge in [0.25, 0.3) is 5.91 Å². The Morgan fingerprint density at radius 2 is 2.35 bits per heavy atom. The third kappa shape index (κ3) is 2.77. The number of thioether (sulfide) groups is 1. The Hall–Kier alpha value is -1.64. The summed E-state index contributed by atoms with van der Waals surface area (Å²) in [5.41, 5.74) is 0.807. The highest BCUT2D eigenvalue weighted by atomic mass is 32.2. The summed E-state index contributed by atoms with van der Waals surface area (Å²) in [4.78, 5) is 24.3. The maximum absolute atomic E-state index is 12.2. The highest BCUT2D eigenvalue weighted by Gasteiger charge is 2.37. The molecule has 0 radical (unpaired) electrons. The first-order valence-electron chi connectivity index (χ1n) is 5.64.